The van der Waals surface area contributed by atoms with Gasteiger partial charge in [-0.05, 0) is 25.3 Å². The number of aromatic nitrogens is 1. The average Bonchev–Trinajstić information content (AvgIpc) is 2.16. The van der Waals surface area contributed by atoms with Crippen molar-refractivity contribution in [2.75, 3.05) is 17.3 Å². The van der Waals surface area contributed by atoms with E-state index in [-0.39, 0.29) is 16.8 Å². The van der Waals surface area contributed by atoms with Crippen LogP contribution in [-0.2, 0) is 0 Å². The SMILES string of the molecule is CSCC(C)Nc1cc(C(=O)O)cc(Cl)n1. The summed E-state index contributed by atoms with van der Waals surface area (Å²) in [6, 6.07) is 3.02. The fourth-order valence-electron chi connectivity index (χ4n) is 1.24. The number of pyridine rings is 1. The van der Waals surface area contributed by atoms with E-state index in [4.69, 9.17) is 16.7 Å². The van der Waals surface area contributed by atoms with Gasteiger partial charge in [0.15, 0.2) is 0 Å². The quantitative estimate of drug-likeness (QED) is 0.797. The molecular formula is C10H13ClN2O2S. The predicted molar refractivity (Wildman–Crippen MR) is 67.7 cm³/mol. The van der Waals surface area contributed by atoms with Crippen LogP contribution in [0.15, 0.2) is 12.1 Å². The molecule has 0 aromatic carbocycles. The second-order valence-electron chi connectivity index (χ2n) is 3.37. The monoisotopic (exact) mass is 260 g/mol. The largest absolute Gasteiger partial charge is 0.478 e. The van der Waals surface area contributed by atoms with E-state index in [0.29, 0.717) is 5.82 Å². The minimum Gasteiger partial charge on any atom is -0.478 e. The van der Waals surface area contributed by atoms with Crippen LogP contribution in [0, 0.1) is 0 Å². The van der Waals surface area contributed by atoms with E-state index in [2.05, 4.69) is 10.3 Å². The van der Waals surface area contributed by atoms with Crippen LogP contribution in [0.4, 0.5) is 5.82 Å². The van der Waals surface area contributed by atoms with Gasteiger partial charge < -0.3 is 10.4 Å². The molecule has 6 heteroatoms. The Morgan fingerprint density at radius 1 is 1.69 bits per heavy atom. The van der Waals surface area contributed by atoms with Gasteiger partial charge in [-0.2, -0.15) is 11.8 Å². The third kappa shape index (κ3) is 3.90. The van der Waals surface area contributed by atoms with Gasteiger partial charge in [-0.15, -0.1) is 0 Å². The van der Waals surface area contributed by atoms with Crippen molar-refractivity contribution in [1.82, 2.24) is 4.98 Å². The fourth-order valence-corrected chi connectivity index (χ4v) is 2.03. The van der Waals surface area contributed by atoms with Gasteiger partial charge >= 0.3 is 5.97 Å². The molecule has 1 unspecified atom stereocenters. The number of rotatable bonds is 5. The molecule has 0 aliphatic heterocycles. The van der Waals surface area contributed by atoms with E-state index in [9.17, 15) is 4.79 Å². The number of hydrogen-bond acceptors (Lipinski definition) is 4. The van der Waals surface area contributed by atoms with Crippen LogP contribution in [0.1, 0.15) is 17.3 Å². The van der Waals surface area contributed by atoms with Gasteiger partial charge in [-0.3, -0.25) is 0 Å². The second kappa shape index (κ2) is 5.96. The van der Waals surface area contributed by atoms with Gasteiger partial charge in [0.05, 0.1) is 5.56 Å². The summed E-state index contributed by atoms with van der Waals surface area (Å²) in [7, 11) is 0. The molecule has 1 heterocycles. The Hall–Kier alpha value is -0.940. The normalized spacial score (nSPS) is 12.2. The smallest absolute Gasteiger partial charge is 0.335 e. The van der Waals surface area contributed by atoms with Crippen molar-refractivity contribution >= 4 is 35.1 Å². The maximum Gasteiger partial charge on any atom is 0.335 e. The molecule has 1 atom stereocenters. The Bertz CT molecular complexity index is 387. The third-order valence-electron chi connectivity index (χ3n) is 1.85. The molecule has 0 saturated heterocycles. The first-order valence-corrected chi connectivity index (χ1v) is 6.46. The lowest BCUT2D eigenvalue weighted by Gasteiger charge is -2.13. The van der Waals surface area contributed by atoms with Crippen molar-refractivity contribution in [2.45, 2.75) is 13.0 Å². The minimum atomic E-state index is -1.01. The Labute approximate surface area is 103 Å². The zero-order chi connectivity index (χ0) is 12.1. The van der Waals surface area contributed by atoms with E-state index in [0.717, 1.165) is 5.75 Å². The van der Waals surface area contributed by atoms with Crippen LogP contribution in [-0.4, -0.2) is 34.1 Å². The Morgan fingerprint density at radius 2 is 2.38 bits per heavy atom. The number of thioether (sulfide) groups is 1. The molecule has 0 amide bonds. The highest BCUT2D eigenvalue weighted by atomic mass is 35.5. The predicted octanol–water partition coefficient (Wildman–Crippen LogP) is 2.60. The van der Waals surface area contributed by atoms with Gasteiger partial charge in [0.1, 0.15) is 11.0 Å². The van der Waals surface area contributed by atoms with Crippen LogP contribution >= 0.6 is 23.4 Å². The fraction of sp³-hybridized carbons (Fsp3) is 0.400. The molecule has 0 aliphatic rings. The molecule has 0 radical (unpaired) electrons. The topological polar surface area (TPSA) is 62.2 Å². The van der Waals surface area contributed by atoms with E-state index >= 15 is 0 Å². The number of anilines is 1. The van der Waals surface area contributed by atoms with Crippen molar-refractivity contribution < 1.29 is 9.90 Å². The van der Waals surface area contributed by atoms with Crippen LogP contribution < -0.4 is 5.32 Å². The van der Waals surface area contributed by atoms with Crippen LogP contribution in [0.25, 0.3) is 0 Å². The summed E-state index contributed by atoms with van der Waals surface area (Å²) in [6.45, 7) is 2.00. The number of hydrogen-bond donors (Lipinski definition) is 2. The summed E-state index contributed by atoms with van der Waals surface area (Å²) in [4.78, 5) is 14.8. The number of carboxylic acid groups (broad SMARTS) is 1. The first-order valence-electron chi connectivity index (χ1n) is 4.69. The van der Waals surface area contributed by atoms with Crippen LogP contribution in [0.3, 0.4) is 0 Å². The molecule has 16 heavy (non-hydrogen) atoms. The molecule has 1 rings (SSSR count). The number of nitrogens with one attached hydrogen (secondary N) is 1. The molecule has 0 saturated carbocycles. The standard InChI is InChI=1S/C10H13ClN2O2S/c1-6(5-16-2)12-9-4-7(10(14)15)3-8(11)13-9/h3-4,6H,5H2,1-2H3,(H,12,13)(H,14,15). The number of nitrogens with zero attached hydrogens (tertiary/aromatic N) is 1. The molecule has 0 bridgehead atoms. The van der Waals surface area contributed by atoms with E-state index in [1.54, 1.807) is 11.8 Å². The van der Waals surface area contributed by atoms with Gasteiger partial charge in [-0.25, -0.2) is 9.78 Å². The van der Waals surface area contributed by atoms with Crippen molar-refractivity contribution in [3.63, 3.8) is 0 Å². The second-order valence-corrected chi connectivity index (χ2v) is 4.67. The molecule has 0 aliphatic carbocycles. The third-order valence-corrected chi connectivity index (χ3v) is 2.88. The van der Waals surface area contributed by atoms with Crippen molar-refractivity contribution in [3.05, 3.63) is 22.8 Å². The minimum absolute atomic E-state index is 0.138. The number of carbonyl (C=O) groups is 1. The van der Waals surface area contributed by atoms with Crippen molar-refractivity contribution in [3.8, 4) is 0 Å². The van der Waals surface area contributed by atoms with E-state index < -0.39 is 5.97 Å². The molecule has 88 valence electrons. The summed E-state index contributed by atoms with van der Waals surface area (Å²) >= 11 is 7.44. The Morgan fingerprint density at radius 3 is 2.94 bits per heavy atom. The first kappa shape index (κ1) is 13.1. The highest BCUT2D eigenvalue weighted by Gasteiger charge is 2.09. The number of aromatic carboxylic acids is 1. The van der Waals surface area contributed by atoms with Gasteiger partial charge in [0, 0.05) is 11.8 Å². The number of halogens is 1. The van der Waals surface area contributed by atoms with Gasteiger partial charge in [-0.1, -0.05) is 11.6 Å². The molecule has 0 spiro atoms. The summed E-state index contributed by atoms with van der Waals surface area (Å²) in [6.07, 6.45) is 2.01. The zero-order valence-electron chi connectivity index (χ0n) is 9.03. The average molecular weight is 261 g/mol. The van der Waals surface area contributed by atoms with Gasteiger partial charge in [0.25, 0.3) is 0 Å². The van der Waals surface area contributed by atoms with E-state index in [1.165, 1.54) is 12.1 Å². The lowest BCUT2D eigenvalue weighted by molar-refractivity contribution is 0.0697. The molecule has 1 aromatic rings. The lowest BCUT2D eigenvalue weighted by atomic mass is 10.2. The molecule has 2 N–H and O–H groups in total. The molecular weight excluding hydrogens is 248 g/mol. The summed E-state index contributed by atoms with van der Waals surface area (Å²) in [5.41, 5.74) is 0.138. The maximum atomic E-state index is 10.8. The van der Waals surface area contributed by atoms with Crippen LogP contribution in [0.2, 0.25) is 5.15 Å². The molecule has 1 aromatic heterocycles. The van der Waals surface area contributed by atoms with Crippen LogP contribution in [0.5, 0.6) is 0 Å². The highest BCUT2D eigenvalue weighted by molar-refractivity contribution is 7.98. The molecule has 0 fully saturated rings. The van der Waals surface area contributed by atoms with Gasteiger partial charge in [0.2, 0.25) is 0 Å². The summed E-state index contributed by atoms with van der Waals surface area (Å²) < 4.78 is 0. The summed E-state index contributed by atoms with van der Waals surface area (Å²) in [5.74, 6) is 0.396. The highest BCUT2D eigenvalue weighted by Crippen LogP contribution is 2.15. The van der Waals surface area contributed by atoms with E-state index in [1.807, 2.05) is 13.2 Å². The lowest BCUT2D eigenvalue weighted by Crippen LogP contribution is -2.18. The maximum absolute atomic E-state index is 10.8. The van der Waals surface area contributed by atoms with Crippen molar-refractivity contribution in [1.29, 1.82) is 0 Å². The number of carboxylic acids is 1. The first-order chi connectivity index (χ1) is 7.52. The van der Waals surface area contributed by atoms with Crippen molar-refractivity contribution in [2.24, 2.45) is 0 Å². The Balaban J connectivity index is 2.84. The summed E-state index contributed by atoms with van der Waals surface area (Å²) in [5, 5.41) is 12.1. The zero-order valence-corrected chi connectivity index (χ0v) is 10.6. The molecule has 4 nitrogen and oxygen atoms in total. The Kier molecular flexibility index (Phi) is 4.89.